The van der Waals surface area contributed by atoms with E-state index in [0.29, 0.717) is 23.4 Å². The summed E-state index contributed by atoms with van der Waals surface area (Å²) in [7, 11) is 0. The summed E-state index contributed by atoms with van der Waals surface area (Å²) in [5, 5.41) is 12.4. The normalized spacial score (nSPS) is 14.7. The second kappa shape index (κ2) is 8.60. The number of thioether (sulfide) groups is 1. The van der Waals surface area contributed by atoms with E-state index in [1.807, 2.05) is 25.1 Å². The number of para-hydroxylation sites is 1. The number of amides is 1. The molecule has 1 unspecified atom stereocenters. The monoisotopic (exact) mass is 392 g/mol. The molecule has 6 nitrogen and oxygen atoms in total. The first kappa shape index (κ1) is 18.8. The van der Waals surface area contributed by atoms with Crippen molar-refractivity contribution in [2.45, 2.75) is 42.8 Å². The first-order valence-corrected chi connectivity index (χ1v) is 9.72. The molecule has 1 aromatic heterocycles. The van der Waals surface area contributed by atoms with Crippen molar-refractivity contribution in [1.82, 2.24) is 20.1 Å². The van der Waals surface area contributed by atoms with Crippen molar-refractivity contribution >= 4 is 29.3 Å². The fraction of sp³-hybridized carbons (Fsp3) is 0.389. The van der Waals surface area contributed by atoms with Crippen molar-refractivity contribution in [3.8, 4) is 5.75 Å². The van der Waals surface area contributed by atoms with Crippen molar-refractivity contribution in [2.24, 2.45) is 0 Å². The number of ether oxygens (including phenoxy) is 1. The van der Waals surface area contributed by atoms with Crippen LogP contribution in [-0.4, -0.2) is 32.5 Å². The summed E-state index contributed by atoms with van der Waals surface area (Å²) in [5.41, 5.74) is 0. The molecule has 1 saturated carbocycles. The molecule has 0 spiro atoms. The quantitative estimate of drug-likeness (QED) is 0.521. The number of rotatable bonds is 9. The fourth-order valence-corrected chi connectivity index (χ4v) is 3.57. The minimum absolute atomic E-state index is 0.0471. The lowest BCUT2D eigenvalue weighted by atomic mass is 10.3. The van der Waals surface area contributed by atoms with Crippen LogP contribution in [0.3, 0.4) is 0 Å². The largest absolute Gasteiger partial charge is 0.484 e. The third-order valence-electron chi connectivity index (χ3n) is 3.91. The predicted molar refractivity (Wildman–Crippen MR) is 103 cm³/mol. The molecule has 1 aliphatic carbocycles. The van der Waals surface area contributed by atoms with Gasteiger partial charge in [-0.1, -0.05) is 41.6 Å². The van der Waals surface area contributed by atoms with Crippen LogP contribution in [0.2, 0.25) is 5.02 Å². The molecule has 138 valence electrons. The molecule has 26 heavy (non-hydrogen) atoms. The van der Waals surface area contributed by atoms with Crippen LogP contribution in [0.4, 0.5) is 0 Å². The van der Waals surface area contributed by atoms with E-state index in [0.717, 1.165) is 23.8 Å². The van der Waals surface area contributed by atoms with E-state index in [4.69, 9.17) is 16.3 Å². The minimum Gasteiger partial charge on any atom is -0.484 e. The van der Waals surface area contributed by atoms with E-state index in [1.54, 1.807) is 12.1 Å². The highest BCUT2D eigenvalue weighted by molar-refractivity contribution is 8.00. The minimum atomic E-state index is -0.269. The molecule has 1 fully saturated rings. The van der Waals surface area contributed by atoms with Gasteiger partial charge in [0.2, 0.25) is 5.91 Å². The molecule has 0 aliphatic heterocycles. The van der Waals surface area contributed by atoms with Crippen LogP contribution in [-0.2, 0) is 11.4 Å². The summed E-state index contributed by atoms with van der Waals surface area (Å²) >= 11 is 7.54. The summed E-state index contributed by atoms with van der Waals surface area (Å²) in [6, 6.07) is 7.71. The molecule has 1 aliphatic rings. The van der Waals surface area contributed by atoms with Gasteiger partial charge in [-0.25, -0.2) is 0 Å². The molecule has 8 heteroatoms. The number of halogens is 1. The van der Waals surface area contributed by atoms with Gasteiger partial charge in [0.1, 0.15) is 12.4 Å². The Hall–Kier alpha value is -1.99. The second-order valence-corrected chi connectivity index (χ2v) is 7.73. The Labute approximate surface area is 162 Å². The first-order chi connectivity index (χ1) is 12.6. The van der Waals surface area contributed by atoms with Gasteiger partial charge < -0.3 is 10.1 Å². The SMILES string of the molecule is C=CCNC(=O)C(C)Sc1nnc(COc2ccccc2Cl)n1C1CC1. The van der Waals surface area contributed by atoms with Gasteiger partial charge in [0.15, 0.2) is 11.0 Å². The zero-order valence-corrected chi connectivity index (χ0v) is 16.1. The van der Waals surface area contributed by atoms with E-state index < -0.39 is 0 Å². The van der Waals surface area contributed by atoms with Gasteiger partial charge in [-0.3, -0.25) is 9.36 Å². The summed E-state index contributed by atoms with van der Waals surface area (Å²) in [4.78, 5) is 12.1. The summed E-state index contributed by atoms with van der Waals surface area (Å²) in [6.45, 7) is 6.20. The highest BCUT2D eigenvalue weighted by Gasteiger charge is 2.31. The molecule has 1 heterocycles. The Morgan fingerprint density at radius 1 is 1.50 bits per heavy atom. The highest BCUT2D eigenvalue weighted by Crippen LogP contribution is 2.39. The van der Waals surface area contributed by atoms with Gasteiger partial charge in [-0.2, -0.15) is 0 Å². The van der Waals surface area contributed by atoms with Gasteiger partial charge in [-0.15, -0.1) is 16.8 Å². The summed E-state index contributed by atoms with van der Waals surface area (Å²) < 4.78 is 7.89. The number of carbonyl (C=O) groups is 1. The van der Waals surface area contributed by atoms with Gasteiger partial charge in [0.25, 0.3) is 0 Å². The van der Waals surface area contributed by atoms with Gasteiger partial charge in [-0.05, 0) is 31.9 Å². The molecular formula is C18H21ClN4O2S. The Kier molecular flexibility index (Phi) is 6.21. The number of carbonyl (C=O) groups excluding carboxylic acids is 1. The number of hydrogen-bond acceptors (Lipinski definition) is 5. The Morgan fingerprint density at radius 2 is 2.27 bits per heavy atom. The average molecular weight is 393 g/mol. The van der Waals surface area contributed by atoms with Gasteiger partial charge >= 0.3 is 0 Å². The maximum absolute atomic E-state index is 12.1. The lowest BCUT2D eigenvalue weighted by Gasteiger charge is -2.13. The number of aromatic nitrogens is 3. The van der Waals surface area contributed by atoms with Crippen molar-refractivity contribution in [3.63, 3.8) is 0 Å². The molecule has 0 bridgehead atoms. The number of nitrogens with one attached hydrogen (secondary N) is 1. The first-order valence-electron chi connectivity index (χ1n) is 8.46. The fourth-order valence-electron chi connectivity index (χ4n) is 2.42. The zero-order valence-electron chi connectivity index (χ0n) is 14.5. The molecular weight excluding hydrogens is 372 g/mol. The smallest absolute Gasteiger partial charge is 0.233 e. The van der Waals surface area contributed by atoms with E-state index in [-0.39, 0.29) is 17.8 Å². The summed E-state index contributed by atoms with van der Waals surface area (Å²) in [5.74, 6) is 1.31. The van der Waals surface area contributed by atoms with Crippen LogP contribution in [0.25, 0.3) is 0 Å². The molecule has 2 aromatic rings. The number of benzene rings is 1. The van der Waals surface area contributed by atoms with Crippen molar-refractivity contribution in [3.05, 3.63) is 47.8 Å². The molecule has 3 rings (SSSR count). The van der Waals surface area contributed by atoms with E-state index in [1.165, 1.54) is 11.8 Å². The van der Waals surface area contributed by atoms with Gasteiger partial charge in [0.05, 0.1) is 10.3 Å². The number of hydrogen-bond donors (Lipinski definition) is 1. The molecule has 0 saturated heterocycles. The average Bonchev–Trinajstić information content (AvgIpc) is 3.40. The van der Waals surface area contributed by atoms with Crippen molar-refractivity contribution in [1.29, 1.82) is 0 Å². The zero-order chi connectivity index (χ0) is 18.5. The van der Waals surface area contributed by atoms with Crippen LogP contribution < -0.4 is 10.1 Å². The van der Waals surface area contributed by atoms with Crippen LogP contribution in [0.15, 0.2) is 42.1 Å². The lowest BCUT2D eigenvalue weighted by Crippen LogP contribution is -2.31. The van der Waals surface area contributed by atoms with Crippen LogP contribution in [0, 0.1) is 0 Å². The third-order valence-corrected chi connectivity index (χ3v) is 5.28. The van der Waals surface area contributed by atoms with Gasteiger partial charge in [0, 0.05) is 12.6 Å². The number of nitrogens with zero attached hydrogens (tertiary/aromatic N) is 3. The molecule has 1 N–H and O–H groups in total. The predicted octanol–water partition coefficient (Wildman–Crippen LogP) is 3.63. The Bertz CT molecular complexity index is 791. The van der Waals surface area contributed by atoms with E-state index in [9.17, 15) is 4.79 Å². The molecule has 0 radical (unpaired) electrons. The van der Waals surface area contributed by atoms with Crippen LogP contribution >= 0.6 is 23.4 Å². The Morgan fingerprint density at radius 3 is 2.96 bits per heavy atom. The lowest BCUT2D eigenvalue weighted by molar-refractivity contribution is -0.120. The standard InChI is InChI=1S/C18H21ClN4O2S/c1-3-10-20-17(24)12(2)26-18-22-21-16(23(18)13-8-9-13)11-25-15-7-5-4-6-14(15)19/h3-7,12-13H,1,8-11H2,2H3,(H,20,24). The maximum atomic E-state index is 12.1. The van der Waals surface area contributed by atoms with E-state index in [2.05, 4.69) is 26.7 Å². The maximum Gasteiger partial charge on any atom is 0.233 e. The van der Waals surface area contributed by atoms with Crippen molar-refractivity contribution in [2.75, 3.05) is 6.54 Å². The third kappa shape index (κ3) is 4.59. The highest BCUT2D eigenvalue weighted by atomic mass is 35.5. The van der Waals surface area contributed by atoms with Crippen molar-refractivity contribution < 1.29 is 9.53 Å². The Balaban J connectivity index is 1.69. The topological polar surface area (TPSA) is 69.0 Å². The van der Waals surface area contributed by atoms with Crippen LogP contribution in [0.1, 0.15) is 31.6 Å². The van der Waals surface area contributed by atoms with Crippen LogP contribution in [0.5, 0.6) is 5.75 Å². The summed E-state index contributed by atoms with van der Waals surface area (Å²) in [6.07, 6.45) is 3.83. The molecule has 1 aromatic carbocycles. The molecule has 1 atom stereocenters. The van der Waals surface area contributed by atoms with E-state index >= 15 is 0 Å². The second-order valence-electron chi connectivity index (χ2n) is 6.01. The molecule has 1 amide bonds.